The molecule has 0 saturated heterocycles. The molecule has 0 radical (unpaired) electrons. The van der Waals surface area contributed by atoms with E-state index >= 15 is 0 Å². The van der Waals surface area contributed by atoms with E-state index in [0.717, 1.165) is 11.3 Å². The summed E-state index contributed by atoms with van der Waals surface area (Å²) in [7, 11) is 1.93. The van der Waals surface area contributed by atoms with Crippen LogP contribution in [0.15, 0.2) is 42.5 Å². The summed E-state index contributed by atoms with van der Waals surface area (Å²) < 4.78 is 13.1. The maximum Gasteiger partial charge on any atom is 0.141 e. The molecular weight excluding hydrogens is 277 g/mol. The van der Waals surface area contributed by atoms with E-state index in [-0.39, 0.29) is 10.9 Å². The Kier molecular flexibility index (Phi) is 4.25. The second kappa shape index (κ2) is 5.92. The van der Waals surface area contributed by atoms with Gasteiger partial charge in [-0.25, -0.2) is 4.39 Å². The van der Waals surface area contributed by atoms with E-state index in [1.54, 1.807) is 24.3 Å². The first-order valence-corrected chi connectivity index (χ1v) is 6.44. The Labute approximate surface area is 122 Å². The Morgan fingerprint density at radius 3 is 2.45 bits per heavy atom. The Morgan fingerprint density at radius 1 is 1.25 bits per heavy atom. The van der Waals surface area contributed by atoms with Crippen LogP contribution in [0.1, 0.15) is 11.1 Å². The second-order valence-corrected chi connectivity index (χ2v) is 4.97. The van der Waals surface area contributed by atoms with Crippen LogP contribution in [-0.2, 0) is 6.54 Å². The van der Waals surface area contributed by atoms with Crippen molar-refractivity contribution in [1.29, 1.82) is 5.41 Å². The minimum atomic E-state index is -0.413. The molecule has 20 heavy (non-hydrogen) atoms. The molecule has 2 rings (SSSR count). The van der Waals surface area contributed by atoms with E-state index in [1.807, 2.05) is 24.1 Å². The lowest BCUT2D eigenvalue weighted by molar-refractivity contribution is 0.627. The molecule has 0 spiro atoms. The minimum Gasteiger partial charge on any atom is -0.384 e. The molecule has 0 fully saturated rings. The van der Waals surface area contributed by atoms with E-state index in [2.05, 4.69) is 0 Å². The number of amidine groups is 1. The van der Waals surface area contributed by atoms with E-state index in [0.29, 0.717) is 12.1 Å². The lowest BCUT2D eigenvalue weighted by Crippen LogP contribution is -2.17. The number of hydrogen-bond donors (Lipinski definition) is 2. The van der Waals surface area contributed by atoms with Crippen molar-refractivity contribution in [3.63, 3.8) is 0 Å². The van der Waals surface area contributed by atoms with Crippen LogP contribution < -0.4 is 10.6 Å². The van der Waals surface area contributed by atoms with Gasteiger partial charge in [-0.1, -0.05) is 17.7 Å². The number of halogens is 2. The fraction of sp³-hybridized carbons (Fsp3) is 0.133. The molecule has 3 N–H and O–H groups in total. The van der Waals surface area contributed by atoms with Crippen LogP contribution in [0.5, 0.6) is 0 Å². The molecule has 104 valence electrons. The molecule has 0 bridgehead atoms. The number of benzene rings is 2. The van der Waals surface area contributed by atoms with Crippen molar-refractivity contribution in [3.8, 4) is 0 Å². The fourth-order valence-corrected chi connectivity index (χ4v) is 2.10. The summed E-state index contributed by atoms with van der Waals surface area (Å²) in [6, 6.07) is 12.1. The molecule has 0 aliphatic rings. The summed E-state index contributed by atoms with van der Waals surface area (Å²) >= 11 is 5.77. The van der Waals surface area contributed by atoms with Crippen LogP contribution in [0.2, 0.25) is 5.02 Å². The number of hydrogen-bond acceptors (Lipinski definition) is 2. The first kappa shape index (κ1) is 14.3. The molecule has 0 aliphatic carbocycles. The SMILES string of the molecule is CN(Cc1ccc(F)c(Cl)c1)c1ccc(C(=N)N)cc1. The van der Waals surface area contributed by atoms with Gasteiger partial charge in [0.1, 0.15) is 11.7 Å². The van der Waals surface area contributed by atoms with Gasteiger partial charge in [0.15, 0.2) is 0 Å². The number of nitrogen functional groups attached to an aromatic ring is 1. The zero-order chi connectivity index (χ0) is 14.7. The first-order chi connectivity index (χ1) is 9.47. The topological polar surface area (TPSA) is 53.1 Å². The quantitative estimate of drug-likeness (QED) is 0.670. The number of rotatable bonds is 4. The van der Waals surface area contributed by atoms with Crippen LogP contribution in [0, 0.1) is 11.2 Å². The van der Waals surface area contributed by atoms with Crippen molar-refractivity contribution in [3.05, 3.63) is 64.4 Å². The molecule has 5 heteroatoms. The van der Waals surface area contributed by atoms with E-state index in [1.165, 1.54) is 6.07 Å². The van der Waals surface area contributed by atoms with Crippen molar-refractivity contribution in [1.82, 2.24) is 0 Å². The van der Waals surface area contributed by atoms with Gasteiger partial charge < -0.3 is 10.6 Å². The van der Waals surface area contributed by atoms with E-state index in [9.17, 15) is 4.39 Å². The van der Waals surface area contributed by atoms with Gasteiger partial charge in [0.25, 0.3) is 0 Å². The second-order valence-electron chi connectivity index (χ2n) is 4.57. The predicted octanol–water partition coefficient (Wildman–Crippen LogP) is 3.40. The van der Waals surface area contributed by atoms with Gasteiger partial charge in [0, 0.05) is 24.8 Å². The van der Waals surface area contributed by atoms with Crippen molar-refractivity contribution in [2.24, 2.45) is 5.73 Å². The molecule has 0 saturated carbocycles. The molecule has 0 amide bonds. The molecule has 0 unspecified atom stereocenters. The average molecular weight is 292 g/mol. The highest BCUT2D eigenvalue weighted by atomic mass is 35.5. The predicted molar refractivity (Wildman–Crippen MR) is 81.0 cm³/mol. The van der Waals surface area contributed by atoms with Crippen molar-refractivity contribution < 1.29 is 4.39 Å². The molecule has 2 aromatic rings. The third kappa shape index (κ3) is 3.27. The minimum absolute atomic E-state index is 0.0459. The van der Waals surface area contributed by atoms with Crippen LogP contribution in [0.3, 0.4) is 0 Å². The zero-order valence-corrected chi connectivity index (χ0v) is 11.8. The van der Waals surface area contributed by atoms with Gasteiger partial charge in [-0.05, 0) is 42.0 Å². The number of nitrogens with zero attached hydrogens (tertiary/aromatic N) is 1. The van der Waals surface area contributed by atoms with Gasteiger partial charge in [-0.15, -0.1) is 0 Å². The largest absolute Gasteiger partial charge is 0.384 e. The average Bonchev–Trinajstić information content (AvgIpc) is 2.43. The number of nitrogens with one attached hydrogen (secondary N) is 1. The molecule has 0 aliphatic heterocycles. The molecular formula is C15H15ClFN3. The van der Waals surface area contributed by atoms with Crippen molar-refractivity contribution in [2.45, 2.75) is 6.54 Å². The Bertz CT molecular complexity index is 626. The third-order valence-electron chi connectivity index (χ3n) is 3.02. The van der Waals surface area contributed by atoms with Crippen molar-refractivity contribution >= 4 is 23.1 Å². The normalized spacial score (nSPS) is 10.3. The van der Waals surface area contributed by atoms with E-state index in [4.69, 9.17) is 22.7 Å². The maximum atomic E-state index is 13.1. The summed E-state index contributed by atoms with van der Waals surface area (Å²) in [5, 5.41) is 7.48. The molecule has 0 atom stereocenters. The standard InChI is InChI=1S/C15H15ClFN3/c1-20(9-10-2-7-14(17)13(16)8-10)12-5-3-11(4-6-12)15(18)19/h2-8H,9H2,1H3,(H3,18,19). The first-order valence-electron chi connectivity index (χ1n) is 6.07. The molecule has 0 heterocycles. The van der Waals surface area contributed by atoms with Gasteiger partial charge >= 0.3 is 0 Å². The lowest BCUT2D eigenvalue weighted by atomic mass is 10.1. The summed E-state index contributed by atoms with van der Waals surface area (Å²) in [4.78, 5) is 2.01. The Balaban J connectivity index is 2.12. The molecule has 2 aromatic carbocycles. The zero-order valence-electron chi connectivity index (χ0n) is 11.0. The monoisotopic (exact) mass is 291 g/mol. The van der Waals surface area contributed by atoms with Gasteiger partial charge in [0.05, 0.1) is 5.02 Å². The Hall–Kier alpha value is -2.07. The smallest absolute Gasteiger partial charge is 0.141 e. The number of nitrogens with two attached hydrogens (primary N) is 1. The number of anilines is 1. The Morgan fingerprint density at radius 2 is 1.90 bits per heavy atom. The molecule has 3 nitrogen and oxygen atoms in total. The van der Waals surface area contributed by atoms with E-state index < -0.39 is 5.82 Å². The maximum absolute atomic E-state index is 13.1. The molecule has 0 aromatic heterocycles. The summed E-state index contributed by atoms with van der Waals surface area (Å²) in [5.74, 6) is -0.367. The lowest BCUT2D eigenvalue weighted by Gasteiger charge is -2.20. The van der Waals surface area contributed by atoms with Gasteiger partial charge in [-0.2, -0.15) is 0 Å². The third-order valence-corrected chi connectivity index (χ3v) is 3.31. The summed E-state index contributed by atoms with van der Waals surface area (Å²) in [6.45, 7) is 0.611. The van der Waals surface area contributed by atoms with Crippen LogP contribution in [0.25, 0.3) is 0 Å². The van der Waals surface area contributed by atoms with Crippen LogP contribution in [0.4, 0.5) is 10.1 Å². The highest BCUT2D eigenvalue weighted by Crippen LogP contribution is 2.20. The fourth-order valence-electron chi connectivity index (χ4n) is 1.90. The van der Waals surface area contributed by atoms with Crippen LogP contribution in [-0.4, -0.2) is 12.9 Å². The van der Waals surface area contributed by atoms with Crippen molar-refractivity contribution in [2.75, 3.05) is 11.9 Å². The summed E-state index contributed by atoms with van der Waals surface area (Å²) in [5.41, 5.74) is 8.01. The van der Waals surface area contributed by atoms with Gasteiger partial charge in [0.2, 0.25) is 0 Å². The summed E-state index contributed by atoms with van der Waals surface area (Å²) in [6.07, 6.45) is 0. The van der Waals surface area contributed by atoms with Gasteiger partial charge in [-0.3, -0.25) is 5.41 Å². The highest BCUT2D eigenvalue weighted by Gasteiger charge is 2.06. The van der Waals surface area contributed by atoms with Crippen LogP contribution >= 0.6 is 11.6 Å². The highest BCUT2D eigenvalue weighted by molar-refractivity contribution is 6.30.